The number of aryl methyl sites for hydroxylation is 3. The van der Waals surface area contributed by atoms with Crippen LogP contribution in [0.1, 0.15) is 32.6 Å². The van der Waals surface area contributed by atoms with Gasteiger partial charge in [0.05, 0.1) is 23.9 Å². The number of fused-ring (bicyclic) bond motifs is 1. The van der Waals surface area contributed by atoms with Crippen molar-refractivity contribution in [1.29, 1.82) is 0 Å². The Morgan fingerprint density at radius 2 is 1.81 bits per heavy atom. The van der Waals surface area contributed by atoms with Gasteiger partial charge in [-0.25, -0.2) is 0 Å². The number of benzene rings is 2. The predicted octanol–water partition coefficient (Wildman–Crippen LogP) is 3.90. The summed E-state index contributed by atoms with van der Waals surface area (Å²) >= 11 is 0. The van der Waals surface area contributed by atoms with E-state index in [0.717, 1.165) is 33.2 Å². The standard InChI is InChI=1S/C21H22N2O3/c1-12-8-9-16-15(11-26-20(16)14(12)3)10-18(24)23-17-7-5-6-13(2)19(17)21(25)22-4/h5-9,11H,10H2,1-4H3,(H,22,25)(H,23,24). The third-order valence-corrected chi connectivity index (χ3v) is 4.69. The monoisotopic (exact) mass is 350 g/mol. The van der Waals surface area contributed by atoms with Crippen molar-refractivity contribution < 1.29 is 14.0 Å². The summed E-state index contributed by atoms with van der Waals surface area (Å²) in [6.07, 6.45) is 1.81. The molecule has 134 valence electrons. The molecule has 0 fully saturated rings. The van der Waals surface area contributed by atoms with Crippen LogP contribution in [0.2, 0.25) is 0 Å². The van der Waals surface area contributed by atoms with Gasteiger partial charge in [0, 0.05) is 18.0 Å². The number of carbonyl (C=O) groups is 2. The summed E-state index contributed by atoms with van der Waals surface area (Å²) in [5, 5.41) is 6.41. The second-order valence-corrected chi connectivity index (χ2v) is 6.45. The van der Waals surface area contributed by atoms with Gasteiger partial charge in [-0.1, -0.05) is 24.3 Å². The molecule has 0 saturated heterocycles. The lowest BCUT2D eigenvalue weighted by Crippen LogP contribution is -2.23. The maximum absolute atomic E-state index is 12.6. The molecule has 2 aromatic carbocycles. The number of hydrogen-bond acceptors (Lipinski definition) is 3. The topological polar surface area (TPSA) is 71.3 Å². The van der Waals surface area contributed by atoms with Crippen LogP contribution < -0.4 is 10.6 Å². The Morgan fingerprint density at radius 3 is 2.54 bits per heavy atom. The third-order valence-electron chi connectivity index (χ3n) is 4.69. The lowest BCUT2D eigenvalue weighted by atomic mass is 10.0. The van der Waals surface area contributed by atoms with Gasteiger partial charge in [0.25, 0.3) is 5.91 Å². The molecule has 0 unspecified atom stereocenters. The quantitative estimate of drug-likeness (QED) is 0.750. The van der Waals surface area contributed by atoms with Gasteiger partial charge in [0.15, 0.2) is 0 Å². The SMILES string of the molecule is CNC(=O)c1c(C)cccc1NC(=O)Cc1coc2c(C)c(C)ccc12. The smallest absolute Gasteiger partial charge is 0.253 e. The average molecular weight is 350 g/mol. The van der Waals surface area contributed by atoms with Crippen LogP contribution >= 0.6 is 0 Å². The molecular formula is C21H22N2O3. The second-order valence-electron chi connectivity index (χ2n) is 6.45. The van der Waals surface area contributed by atoms with Crippen molar-refractivity contribution in [1.82, 2.24) is 5.32 Å². The summed E-state index contributed by atoms with van der Waals surface area (Å²) < 4.78 is 5.67. The van der Waals surface area contributed by atoms with E-state index in [1.165, 1.54) is 0 Å². The fourth-order valence-electron chi connectivity index (χ4n) is 3.09. The summed E-state index contributed by atoms with van der Waals surface area (Å²) in [6.45, 7) is 5.88. The Hall–Kier alpha value is -3.08. The van der Waals surface area contributed by atoms with E-state index in [-0.39, 0.29) is 18.2 Å². The first-order valence-electron chi connectivity index (χ1n) is 8.50. The number of hydrogen-bond donors (Lipinski definition) is 2. The van der Waals surface area contributed by atoms with Crippen LogP contribution in [0, 0.1) is 20.8 Å². The highest BCUT2D eigenvalue weighted by Gasteiger charge is 2.17. The van der Waals surface area contributed by atoms with E-state index in [9.17, 15) is 9.59 Å². The molecule has 5 heteroatoms. The molecule has 0 atom stereocenters. The summed E-state index contributed by atoms with van der Waals surface area (Å²) in [4.78, 5) is 24.7. The molecule has 0 spiro atoms. The number of rotatable bonds is 4. The first-order chi connectivity index (χ1) is 12.4. The molecular weight excluding hydrogens is 328 g/mol. The van der Waals surface area contributed by atoms with E-state index in [1.54, 1.807) is 19.4 Å². The minimum atomic E-state index is -0.224. The largest absolute Gasteiger partial charge is 0.464 e. The number of furan rings is 1. The van der Waals surface area contributed by atoms with Crippen LogP contribution in [0.3, 0.4) is 0 Å². The average Bonchev–Trinajstić information content (AvgIpc) is 3.01. The van der Waals surface area contributed by atoms with E-state index in [4.69, 9.17) is 4.42 Å². The molecule has 0 aliphatic rings. The highest BCUT2D eigenvalue weighted by atomic mass is 16.3. The van der Waals surface area contributed by atoms with Crippen molar-refractivity contribution in [3.05, 3.63) is 64.4 Å². The van der Waals surface area contributed by atoms with Crippen LogP contribution in [0.15, 0.2) is 41.0 Å². The van der Waals surface area contributed by atoms with Crippen molar-refractivity contribution in [2.45, 2.75) is 27.2 Å². The highest BCUT2D eigenvalue weighted by Crippen LogP contribution is 2.27. The van der Waals surface area contributed by atoms with E-state index < -0.39 is 0 Å². The van der Waals surface area contributed by atoms with Gasteiger partial charge in [0.1, 0.15) is 5.58 Å². The zero-order chi connectivity index (χ0) is 18.8. The summed E-state index contributed by atoms with van der Waals surface area (Å²) in [5.41, 5.74) is 5.67. The van der Waals surface area contributed by atoms with Crippen LogP contribution in [-0.4, -0.2) is 18.9 Å². The molecule has 3 aromatic rings. The van der Waals surface area contributed by atoms with Gasteiger partial charge >= 0.3 is 0 Å². The highest BCUT2D eigenvalue weighted by molar-refractivity contribution is 6.05. The lowest BCUT2D eigenvalue weighted by Gasteiger charge is -2.12. The van der Waals surface area contributed by atoms with E-state index >= 15 is 0 Å². The number of nitrogens with one attached hydrogen (secondary N) is 2. The van der Waals surface area contributed by atoms with Gasteiger partial charge in [-0.3, -0.25) is 9.59 Å². The molecule has 3 rings (SSSR count). The molecule has 0 aliphatic carbocycles. The number of anilines is 1. The predicted molar refractivity (Wildman–Crippen MR) is 103 cm³/mol. The van der Waals surface area contributed by atoms with E-state index in [2.05, 4.69) is 10.6 Å². The zero-order valence-corrected chi connectivity index (χ0v) is 15.4. The Kier molecular flexibility index (Phi) is 4.80. The van der Waals surface area contributed by atoms with Crippen molar-refractivity contribution in [2.75, 3.05) is 12.4 Å². The minimum absolute atomic E-state index is 0.177. The Balaban J connectivity index is 1.86. The fraction of sp³-hybridized carbons (Fsp3) is 0.238. The van der Waals surface area contributed by atoms with E-state index in [1.807, 2.05) is 45.0 Å². The Bertz CT molecular complexity index is 1000. The molecule has 1 aromatic heterocycles. The van der Waals surface area contributed by atoms with Gasteiger partial charge in [-0.15, -0.1) is 0 Å². The first-order valence-corrected chi connectivity index (χ1v) is 8.50. The normalized spacial score (nSPS) is 10.8. The fourth-order valence-corrected chi connectivity index (χ4v) is 3.09. The molecule has 2 amide bonds. The third kappa shape index (κ3) is 3.20. The summed E-state index contributed by atoms with van der Waals surface area (Å²) in [7, 11) is 1.57. The van der Waals surface area contributed by atoms with Crippen molar-refractivity contribution in [3.8, 4) is 0 Å². The zero-order valence-electron chi connectivity index (χ0n) is 15.4. The molecule has 0 radical (unpaired) electrons. The van der Waals surface area contributed by atoms with Crippen molar-refractivity contribution >= 4 is 28.5 Å². The summed E-state index contributed by atoms with van der Waals surface area (Å²) in [5.74, 6) is -0.417. The van der Waals surface area contributed by atoms with Crippen LogP contribution in [-0.2, 0) is 11.2 Å². The second kappa shape index (κ2) is 7.04. The Labute approximate surface area is 152 Å². The van der Waals surface area contributed by atoms with Crippen LogP contribution in [0.25, 0.3) is 11.0 Å². The molecule has 5 nitrogen and oxygen atoms in total. The van der Waals surface area contributed by atoms with Crippen molar-refractivity contribution in [2.24, 2.45) is 0 Å². The molecule has 0 saturated carbocycles. The molecule has 2 N–H and O–H groups in total. The maximum atomic E-state index is 12.6. The molecule has 0 aliphatic heterocycles. The van der Waals surface area contributed by atoms with Gasteiger partial charge in [0.2, 0.25) is 5.91 Å². The van der Waals surface area contributed by atoms with Gasteiger partial charge in [-0.05, 0) is 43.5 Å². The van der Waals surface area contributed by atoms with E-state index in [0.29, 0.717) is 11.3 Å². The molecule has 1 heterocycles. The van der Waals surface area contributed by atoms with Crippen molar-refractivity contribution in [3.63, 3.8) is 0 Å². The summed E-state index contributed by atoms with van der Waals surface area (Å²) in [6, 6.07) is 9.40. The number of carbonyl (C=O) groups excluding carboxylic acids is 2. The maximum Gasteiger partial charge on any atom is 0.253 e. The minimum Gasteiger partial charge on any atom is -0.464 e. The van der Waals surface area contributed by atoms with Crippen LogP contribution in [0.4, 0.5) is 5.69 Å². The molecule has 0 bridgehead atoms. The first kappa shape index (κ1) is 17.7. The van der Waals surface area contributed by atoms with Gasteiger partial charge < -0.3 is 15.1 Å². The number of amides is 2. The Morgan fingerprint density at radius 1 is 1.04 bits per heavy atom. The molecule has 26 heavy (non-hydrogen) atoms. The lowest BCUT2D eigenvalue weighted by molar-refractivity contribution is -0.115. The van der Waals surface area contributed by atoms with Gasteiger partial charge in [-0.2, -0.15) is 0 Å². The van der Waals surface area contributed by atoms with Crippen LogP contribution in [0.5, 0.6) is 0 Å².